The Balaban J connectivity index is 2.11. The average molecular weight is 291 g/mol. The van der Waals surface area contributed by atoms with E-state index in [2.05, 4.69) is 46.0 Å². The molecular weight excluding hydrogens is 262 g/mol. The number of hydrogen-bond acceptors (Lipinski definition) is 3. The molecule has 3 nitrogen and oxygen atoms in total. The van der Waals surface area contributed by atoms with Crippen LogP contribution in [0.15, 0.2) is 18.2 Å². The largest absolute Gasteiger partial charge is 0.493 e. The first kappa shape index (κ1) is 16.2. The summed E-state index contributed by atoms with van der Waals surface area (Å²) < 4.78 is 12.0. The Bertz CT molecular complexity index is 488. The molecule has 0 spiro atoms. The fourth-order valence-corrected chi connectivity index (χ4v) is 2.65. The van der Waals surface area contributed by atoms with E-state index in [0.29, 0.717) is 11.5 Å². The van der Waals surface area contributed by atoms with Crippen LogP contribution in [0.4, 0.5) is 0 Å². The van der Waals surface area contributed by atoms with Crippen LogP contribution in [0.3, 0.4) is 0 Å². The Hall–Kier alpha value is -1.22. The molecule has 0 radical (unpaired) electrons. The SMILES string of the molecule is CNC1CC(C)(C)Oc2cc(OCCC(C)(C)C)ccc21. The summed E-state index contributed by atoms with van der Waals surface area (Å²) in [5, 5.41) is 3.38. The highest BCUT2D eigenvalue weighted by atomic mass is 16.5. The molecule has 3 heteroatoms. The summed E-state index contributed by atoms with van der Waals surface area (Å²) in [4.78, 5) is 0. The Morgan fingerprint density at radius 2 is 2.05 bits per heavy atom. The van der Waals surface area contributed by atoms with Gasteiger partial charge in [-0.25, -0.2) is 0 Å². The Labute approximate surface area is 129 Å². The van der Waals surface area contributed by atoms with E-state index in [0.717, 1.165) is 30.9 Å². The lowest BCUT2D eigenvalue weighted by atomic mass is 9.90. The Morgan fingerprint density at radius 1 is 1.33 bits per heavy atom. The minimum Gasteiger partial charge on any atom is -0.493 e. The summed E-state index contributed by atoms with van der Waals surface area (Å²) in [6.07, 6.45) is 2.01. The fraction of sp³-hybridized carbons (Fsp3) is 0.667. The predicted octanol–water partition coefficient (Wildman–Crippen LogP) is 4.32. The van der Waals surface area contributed by atoms with Gasteiger partial charge < -0.3 is 14.8 Å². The lowest BCUT2D eigenvalue weighted by Crippen LogP contribution is -2.38. The quantitative estimate of drug-likeness (QED) is 0.896. The summed E-state index contributed by atoms with van der Waals surface area (Å²) >= 11 is 0. The van der Waals surface area contributed by atoms with Crippen molar-refractivity contribution in [2.24, 2.45) is 5.41 Å². The molecule has 0 saturated heterocycles. The van der Waals surface area contributed by atoms with Gasteiger partial charge in [0.1, 0.15) is 17.1 Å². The number of ether oxygens (including phenoxy) is 2. The Morgan fingerprint density at radius 3 is 2.67 bits per heavy atom. The third-order valence-corrected chi connectivity index (χ3v) is 3.91. The van der Waals surface area contributed by atoms with Crippen molar-refractivity contribution < 1.29 is 9.47 Å². The molecule has 1 heterocycles. The van der Waals surface area contributed by atoms with E-state index in [1.807, 2.05) is 19.2 Å². The molecule has 1 aromatic carbocycles. The van der Waals surface area contributed by atoms with Gasteiger partial charge >= 0.3 is 0 Å². The van der Waals surface area contributed by atoms with E-state index in [4.69, 9.17) is 9.47 Å². The topological polar surface area (TPSA) is 30.5 Å². The minimum atomic E-state index is -0.148. The highest BCUT2D eigenvalue weighted by Gasteiger charge is 2.33. The van der Waals surface area contributed by atoms with Crippen molar-refractivity contribution in [1.82, 2.24) is 5.32 Å². The molecule has 1 aliphatic rings. The number of fused-ring (bicyclic) bond motifs is 1. The zero-order chi connectivity index (χ0) is 15.7. The van der Waals surface area contributed by atoms with Gasteiger partial charge in [0.15, 0.2) is 0 Å². The third-order valence-electron chi connectivity index (χ3n) is 3.91. The minimum absolute atomic E-state index is 0.148. The van der Waals surface area contributed by atoms with Crippen molar-refractivity contribution >= 4 is 0 Å². The molecule has 1 atom stereocenters. The van der Waals surface area contributed by atoms with E-state index in [9.17, 15) is 0 Å². The lowest BCUT2D eigenvalue weighted by Gasteiger charge is -2.37. The van der Waals surface area contributed by atoms with Crippen molar-refractivity contribution in [3.8, 4) is 11.5 Å². The highest BCUT2D eigenvalue weighted by molar-refractivity contribution is 5.44. The van der Waals surface area contributed by atoms with Gasteiger partial charge in [-0.15, -0.1) is 0 Å². The smallest absolute Gasteiger partial charge is 0.128 e. The lowest BCUT2D eigenvalue weighted by molar-refractivity contribution is 0.0670. The molecule has 1 N–H and O–H groups in total. The van der Waals surface area contributed by atoms with Gasteiger partial charge in [-0.1, -0.05) is 26.8 Å². The van der Waals surface area contributed by atoms with E-state index in [1.165, 1.54) is 5.56 Å². The first-order valence-electron chi connectivity index (χ1n) is 7.83. The molecule has 0 aliphatic carbocycles. The summed E-state index contributed by atoms with van der Waals surface area (Å²) in [5.74, 6) is 1.84. The van der Waals surface area contributed by atoms with Gasteiger partial charge in [0.25, 0.3) is 0 Å². The van der Waals surface area contributed by atoms with E-state index >= 15 is 0 Å². The molecule has 1 aromatic rings. The van der Waals surface area contributed by atoms with Crippen molar-refractivity contribution in [2.45, 2.75) is 59.1 Å². The summed E-state index contributed by atoms with van der Waals surface area (Å²) in [5.41, 5.74) is 1.37. The molecule has 21 heavy (non-hydrogen) atoms. The van der Waals surface area contributed by atoms with Crippen LogP contribution in [0.5, 0.6) is 11.5 Å². The van der Waals surface area contributed by atoms with Crippen LogP contribution in [-0.2, 0) is 0 Å². The number of hydrogen-bond donors (Lipinski definition) is 1. The number of rotatable bonds is 4. The first-order valence-corrected chi connectivity index (χ1v) is 7.83. The normalized spacial score (nSPS) is 20.6. The van der Waals surface area contributed by atoms with Crippen LogP contribution in [0.2, 0.25) is 0 Å². The van der Waals surface area contributed by atoms with E-state index < -0.39 is 0 Å². The van der Waals surface area contributed by atoms with Crippen molar-refractivity contribution in [2.75, 3.05) is 13.7 Å². The van der Waals surface area contributed by atoms with Gasteiger partial charge in [0.2, 0.25) is 0 Å². The molecule has 0 bridgehead atoms. The second-order valence-corrected chi connectivity index (χ2v) is 7.77. The molecular formula is C18H29NO2. The molecule has 2 rings (SSSR count). The summed E-state index contributed by atoms with van der Waals surface area (Å²) in [6, 6.07) is 6.54. The van der Waals surface area contributed by atoms with Gasteiger partial charge in [0.05, 0.1) is 6.61 Å². The maximum absolute atomic E-state index is 6.12. The van der Waals surface area contributed by atoms with Crippen LogP contribution in [0, 0.1) is 5.41 Å². The van der Waals surface area contributed by atoms with Crippen molar-refractivity contribution in [1.29, 1.82) is 0 Å². The molecule has 0 saturated carbocycles. The molecule has 0 aromatic heterocycles. The van der Waals surface area contributed by atoms with Crippen molar-refractivity contribution in [3.63, 3.8) is 0 Å². The third kappa shape index (κ3) is 4.37. The average Bonchev–Trinajstić information content (AvgIpc) is 2.34. The van der Waals surface area contributed by atoms with Crippen LogP contribution in [0.1, 0.15) is 59.1 Å². The molecule has 118 valence electrons. The van der Waals surface area contributed by atoms with Gasteiger partial charge in [-0.3, -0.25) is 0 Å². The maximum atomic E-state index is 6.12. The van der Waals surface area contributed by atoms with Crippen LogP contribution in [0.25, 0.3) is 0 Å². The zero-order valence-corrected chi connectivity index (χ0v) is 14.2. The maximum Gasteiger partial charge on any atom is 0.128 e. The van der Waals surface area contributed by atoms with E-state index in [1.54, 1.807) is 0 Å². The molecule has 0 amide bonds. The summed E-state index contributed by atoms with van der Waals surface area (Å²) in [6.45, 7) is 11.7. The molecule has 1 aliphatic heterocycles. The van der Waals surface area contributed by atoms with E-state index in [-0.39, 0.29) is 5.60 Å². The second-order valence-electron chi connectivity index (χ2n) is 7.77. The van der Waals surface area contributed by atoms with Crippen LogP contribution < -0.4 is 14.8 Å². The van der Waals surface area contributed by atoms with Crippen LogP contribution in [-0.4, -0.2) is 19.3 Å². The number of nitrogens with one attached hydrogen (secondary N) is 1. The van der Waals surface area contributed by atoms with Gasteiger partial charge in [-0.2, -0.15) is 0 Å². The Kier molecular flexibility index (Phi) is 4.52. The standard InChI is InChI=1S/C18H29NO2/c1-17(2,3)9-10-20-13-7-8-14-15(19-6)12-18(4,5)21-16(14)11-13/h7-8,11,15,19H,9-10,12H2,1-6H3. The fourth-order valence-electron chi connectivity index (χ4n) is 2.65. The molecule has 0 fully saturated rings. The second kappa shape index (κ2) is 5.88. The molecule has 1 unspecified atom stereocenters. The van der Waals surface area contributed by atoms with Gasteiger partial charge in [0, 0.05) is 24.1 Å². The number of benzene rings is 1. The van der Waals surface area contributed by atoms with Gasteiger partial charge in [-0.05, 0) is 38.8 Å². The monoisotopic (exact) mass is 291 g/mol. The summed E-state index contributed by atoms with van der Waals surface area (Å²) in [7, 11) is 2.00. The van der Waals surface area contributed by atoms with Crippen molar-refractivity contribution in [3.05, 3.63) is 23.8 Å². The zero-order valence-electron chi connectivity index (χ0n) is 14.2. The predicted molar refractivity (Wildman–Crippen MR) is 87.1 cm³/mol. The highest BCUT2D eigenvalue weighted by Crippen LogP contribution is 2.41. The van der Waals surface area contributed by atoms with Crippen LogP contribution >= 0.6 is 0 Å². The first-order chi connectivity index (χ1) is 9.70.